The van der Waals surface area contributed by atoms with Crippen molar-refractivity contribution in [3.63, 3.8) is 0 Å². The zero-order chi connectivity index (χ0) is 30.6. The van der Waals surface area contributed by atoms with Crippen LogP contribution in [0.2, 0.25) is 0 Å². The van der Waals surface area contributed by atoms with Gasteiger partial charge in [-0.25, -0.2) is 0 Å². The summed E-state index contributed by atoms with van der Waals surface area (Å²) in [5.74, 6) is 0. The molecule has 0 N–H and O–H groups in total. The van der Waals surface area contributed by atoms with Crippen molar-refractivity contribution < 1.29 is 0 Å². The van der Waals surface area contributed by atoms with Crippen LogP contribution < -0.4 is 0 Å². The van der Waals surface area contributed by atoms with Gasteiger partial charge in [0.2, 0.25) is 0 Å². The van der Waals surface area contributed by atoms with Crippen molar-refractivity contribution in [3.05, 3.63) is 164 Å². The van der Waals surface area contributed by atoms with Crippen LogP contribution in [0.5, 0.6) is 0 Å². The first-order chi connectivity index (χ1) is 23.3. The molecular formula is C46H27N. The molecular weight excluding hydrogens is 567 g/mol. The van der Waals surface area contributed by atoms with E-state index in [0.717, 1.165) is 0 Å². The van der Waals surface area contributed by atoms with Crippen molar-refractivity contribution in [1.82, 2.24) is 4.57 Å². The van der Waals surface area contributed by atoms with E-state index in [1.54, 1.807) is 0 Å². The Hall–Kier alpha value is -6.18. The van der Waals surface area contributed by atoms with Gasteiger partial charge < -0.3 is 4.57 Å². The summed E-state index contributed by atoms with van der Waals surface area (Å²) in [6.07, 6.45) is 0. The maximum atomic E-state index is 2.46. The molecule has 1 aromatic heterocycles. The highest BCUT2D eigenvalue weighted by atomic mass is 15.0. The minimum Gasteiger partial charge on any atom is -0.309 e. The van der Waals surface area contributed by atoms with Crippen LogP contribution in [0.4, 0.5) is 0 Å². The fraction of sp³-hybridized carbons (Fsp3) is 0. The molecule has 0 aliphatic heterocycles. The number of benzene rings is 10. The summed E-state index contributed by atoms with van der Waals surface area (Å²) in [7, 11) is 0. The summed E-state index contributed by atoms with van der Waals surface area (Å²) in [5.41, 5.74) is 6.10. The maximum absolute atomic E-state index is 2.46. The molecule has 10 aromatic carbocycles. The van der Waals surface area contributed by atoms with Gasteiger partial charge in [0.05, 0.1) is 11.0 Å². The summed E-state index contributed by atoms with van der Waals surface area (Å²) >= 11 is 0. The van der Waals surface area contributed by atoms with Gasteiger partial charge >= 0.3 is 0 Å². The molecule has 0 aliphatic carbocycles. The van der Waals surface area contributed by atoms with Crippen molar-refractivity contribution in [3.8, 4) is 16.8 Å². The van der Waals surface area contributed by atoms with E-state index in [0.29, 0.717) is 0 Å². The monoisotopic (exact) mass is 593 g/mol. The number of aromatic nitrogens is 1. The van der Waals surface area contributed by atoms with Gasteiger partial charge in [0.1, 0.15) is 0 Å². The molecule has 0 spiro atoms. The van der Waals surface area contributed by atoms with Crippen molar-refractivity contribution in [2.45, 2.75) is 0 Å². The van der Waals surface area contributed by atoms with E-state index in [1.165, 1.54) is 103 Å². The topological polar surface area (TPSA) is 4.93 Å². The maximum Gasteiger partial charge on any atom is 0.0619 e. The van der Waals surface area contributed by atoms with Crippen molar-refractivity contribution >= 4 is 86.4 Å². The van der Waals surface area contributed by atoms with Crippen molar-refractivity contribution in [1.29, 1.82) is 0 Å². The van der Waals surface area contributed by atoms with Crippen LogP contribution in [0.3, 0.4) is 0 Å². The lowest BCUT2D eigenvalue weighted by molar-refractivity contribution is 1.19. The van der Waals surface area contributed by atoms with Gasteiger partial charge in [-0.1, -0.05) is 133 Å². The number of fused-ring (bicyclic) bond motifs is 11. The summed E-state index contributed by atoms with van der Waals surface area (Å²) in [5, 5.41) is 18.3. The summed E-state index contributed by atoms with van der Waals surface area (Å²) < 4.78 is 2.46. The van der Waals surface area contributed by atoms with Crippen LogP contribution in [0.1, 0.15) is 0 Å². The highest BCUT2D eigenvalue weighted by molar-refractivity contribution is 6.40. The Morgan fingerprint density at radius 3 is 1.53 bits per heavy atom. The fourth-order valence-electron chi connectivity index (χ4n) is 8.50. The van der Waals surface area contributed by atoms with Crippen LogP contribution in [-0.4, -0.2) is 4.57 Å². The Labute approximate surface area is 270 Å². The number of hydrogen-bond donors (Lipinski definition) is 0. The van der Waals surface area contributed by atoms with Gasteiger partial charge in [-0.05, 0) is 101 Å². The Kier molecular flexibility index (Phi) is 4.90. The first kappa shape index (κ1) is 25.1. The van der Waals surface area contributed by atoms with Crippen LogP contribution >= 0.6 is 0 Å². The third kappa shape index (κ3) is 3.33. The predicted molar refractivity (Wildman–Crippen MR) is 202 cm³/mol. The summed E-state index contributed by atoms with van der Waals surface area (Å²) in [4.78, 5) is 0. The van der Waals surface area contributed by atoms with Gasteiger partial charge in [-0.15, -0.1) is 0 Å². The minimum absolute atomic E-state index is 1.17. The molecule has 0 radical (unpaired) electrons. The highest BCUT2D eigenvalue weighted by Gasteiger charge is 2.19. The van der Waals surface area contributed by atoms with Crippen molar-refractivity contribution in [2.24, 2.45) is 0 Å². The highest BCUT2D eigenvalue weighted by Crippen LogP contribution is 2.46. The standard InChI is InChI=1S/C46H27N/c1-2-14-32-28(11-1)23-24-40-37-19-7-8-22-43(37)47(46(32)40)31-13-9-12-29(25-31)30-26-41-35-17-5-3-15-33(35)38-20-10-21-39-34-16-4-6-18-36(34)42(27-30)45(41)44(38)39/h1-27H. The molecule has 216 valence electrons. The van der Waals surface area contributed by atoms with Crippen molar-refractivity contribution in [2.75, 3.05) is 0 Å². The quantitative estimate of drug-likeness (QED) is 0.139. The second kappa shape index (κ2) is 9.19. The first-order valence-electron chi connectivity index (χ1n) is 16.4. The molecule has 0 fully saturated rings. The number of nitrogens with zero attached hydrogens (tertiary/aromatic N) is 1. The molecule has 1 nitrogen and oxygen atoms in total. The first-order valence-corrected chi connectivity index (χ1v) is 16.4. The van der Waals surface area contributed by atoms with Gasteiger partial charge in [-0.3, -0.25) is 0 Å². The third-order valence-electron chi connectivity index (χ3n) is 10.5. The van der Waals surface area contributed by atoms with Gasteiger partial charge in [0.15, 0.2) is 0 Å². The van der Waals surface area contributed by atoms with Gasteiger partial charge in [0, 0.05) is 21.8 Å². The zero-order valence-corrected chi connectivity index (χ0v) is 25.5. The average Bonchev–Trinajstić information content (AvgIpc) is 3.49. The SMILES string of the molecule is c1cc(-c2cc3c4ccccc4c4cccc5c6ccccc6c(c2)c3c45)cc(-n2c3ccccc3c3ccc4ccccc4c32)c1. The fourth-order valence-corrected chi connectivity index (χ4v) is 8.50. The summed E-state index contributed by atoms with van der Waals surface area (Å²) in [6, 6.07) is 60.8. The van der Waals surface area contributed by atoms with E-state index in [2.05, 4.69) is 168 Å². The van der Waals surface area contributed by atoms with Crippen LogP contribution in [0.15, 0.2) is 164 Å². The molecule has 0 bridgehead atoms. The Balaban J connectivity index is 1.26. The van der Waals surface area contributed by atoms with E-state index in [-0.39, 0.29) is 0 Å². The molecule has 11 rings (SSSR count). The lowest BCUT2D eigenvalue weighted by atomic mass is 9.84. The van der Waals surface area contributed by atoms with Crippen LogP contribution in [0, 0.1) is 0 Å². The van der Waals surface area contributed by atoms with Gasteiger partial charge in [-0.2, -0.15) is 0 Å². The van der Waals surface area contributed by atoms with Gasteiger partial charge in [0.25, 0.3) is 0 Å². The lowest BCUT2D eigenvalue weighted by Gasteiger charge is -2.19. The van der Waals surface area contributed by atoms with E-state index in [9.17, 15) is 0 Å². The minimum atomic E-state index is 1.17. The van der Waals surface area contributed by atoms with E-state index in [4.69, 9.17) is 0 Å². The lowest BCUT2D eigenvalue weighted by Crippen LogP contribution is -1.95. The normalized spacial score (nSPS) is 12.3. The number of rotatable bonds is 2. The van der Waals surface area contributed by atoms with E-state index >= 15 is 0 Å². The Bertz CT molecular complexity index is 2960. The zero-order valence-electron chi connectivity index (χ0n) is 25.5. The molecule has 0 atom stereocenters. The van der Waals surface area contributed by atoms with Crippen LogP contribution in [0.25, 0.3) is 103 Å². The molecule has 47 heavy (non-hydrogen) atoms. The molecule has 1 heterocycles. The predicted octanol–water partition coefficient (Wildman–Crippen LogP) is 12.8. The molecule has 11 aromatic rings. The molecule has 0 unspecified atom stereocenters. The molecule has 0 saturated carbocycles. The molecule has 0 saturated heterocycles. The Morgan fingerprint density at radius 2 is 0.830 bits per heavy atom. The third-order valence-corrected chi connectivity index (χ3v) is 10.5. The smallest absolute Gasteiger partial charge is 0.0619 e. The van der Waals surface area contributed by atoms with Crippen LogP contribution in [-0.2, 0) is 0 Å². The average molecular weight is 594 g/mol. The number of para-hydroxylation sites is 1. The largest absolute Gasteiger partial charge is 0.309 e. The van der Waals surface area contributed by atoms with E-state index < -0.39 is 0 Å². The Morgan fingerprint density at radius 1 is 0.298 bits per heavy atom. The number of hydrogen-bond acceptors (Lipinski definition) is 0. The second-order valence-electron chi connectivity index (χ2n) is 12.9. The molecule has 1 heteroatoms. The molecule has 0 aliphatic rings. The van der Waals surface area contributed by atoms with E-state index in [1.807, 2.05) is 0 Å². The summed E-state index contributed by atoms with van der Waals surface area (Å²) in [6.45, 7) is 0. The second-order valence-corrected chi connectivity index (χ2v) is 12.9. The molecule has 0 amide bonds.